The molecule has 0 bridgehead atoms. The molecule has 1 heteroatoms. The van der Waals surface area contributed by atoms with E-state index >= 15 is 0 Å². The molecule has 0 aromatic carbocycles. The summed E-state index contributed by atoms with van der Waals surface area (Å²) in [7, 11) is -0.155. The van der Waals surface area contributed by atoms with E-state index in [9.17, 15) is 0 Å². The highest BCUT2D eigenvalue weighted by atomic mass is 28.3. The van der Waals surface area contributed by atoms with Crippen LogP contribution in [-0.4, -0.2) is 8.80 Å². The van der Waals surface area contributed by atoms with Crippen LogP contribution in [0.3, 0.4) is 0 Å². The van der Waals surface area contributed by atoms with Gasteiger partial charge in [-0.2, -0.15) is 0 Å². The highest BCUT2D eigenvalue weighted by Gasteiger charge is 2.05. The van der Waals surface area contributed by atoms with E-state index in [2.05, 4.69) is 32.2 Å². The molecule has 1 radical (unpaired) electrons. The van der Waals surface area contributed by atoms with E-state index in [-0.39, 0.29) is 8.80 Å². The second-order valence-corrected chi connectivity index (χ2v) is 6.01. The molecule has 0 aliphatic rings. The quantitative estimate of drug-likeness (QED) is 0.301. The lowest BCUT2D eigenvalue weighted by atomic mass is 10.3. The Kier molecular flexibility index (Phi) is 8.57. The van der Waals surface area contributed by atoms with Gasteiger partial charge in [0, 0.05) is 0 Å². The second kappa shape index (κ2) is 8.79. The zero-order valence-electron chi connectivity index (χ0n) is 8.31. The van der Waals surface area contributed by atoms with E-state index in [1.807, 2.05) is 0 Å². The summed E-state index contributed by atoms with van der Waals surface area (Å²) in [6.07, 6.45) is 8.28. The van der Waals surface area contributed by atoms with Crippen molar-refractivity contribution in [2.24, 2.45) is 0 Å². The predicted molar refractivity (Wildman–Crippen MR) is 60.1 cm³/mol. The molecule has 0 aliphatic heterocycles. The molecule has 0 nitrogen and oxygen atoms in total. The van der Waals surface area contributed by atoms with Crippen LogP contribution in [0.25, 0.3) is 0 Å². The Hall–Kier alpha value is -0.303. The molecule has 0 saturated heterocycles. The van der Waals surface area contributed by atoms with Crippen LogP contribution in [0.15, 0.2) is 25.3 Å². The molecule has 0 rings (SSSR count). The molecule has 12 heavy (non-hydrogen) atoms. The van der Waals surface area contributed by atoms with E-state index < -0.39 is 0 Å². The van der Waals surface area contributed by atoms with Gasteiger partial charge in [0.15, 0.2) is 0 Å². The molecular weight excluding hydrogens is 160 g/mol. The van der Waals surface area contributed by atoms with E-state index in [1.54, 1.807) is 0 Å². The van der Waals surface area contributed by atoms with Gasteiger partial charge in [-0.15, -0.1) is 13.2 Å². The molecule has 0 amide bonds. The summed E-state index contributed by atoms with van der Waals surface area (Å²) in [5.74, 6) is 0. The maximum Gasteiger partial charge on any atom is 0.0558 e. The average Bonchev–Trinajstić information content (AvgIpc) is 2.06. The third-order valence-electron chi connectivity index (χ3n) is 2.00. The van der Waals surface area contributed by atoms with Crippen LogP contribution in [0.1, 0.15) is 26.2 Å². The molecule has 0 fully saturated rings. The SMILES string of the molecule is C=CC[Si](CC=C)CCCCC. The van der Waals surface area contributed by atoms with Crippen molar-refractivity contribution in [2.75, 3.05) is 0 Å². The molecule has 0 aromatic rings. The largest absolute Gasteiger partial charge is 0.103 e. The van der Waals surface area contributed by atoms with E-state index in [0.717, 1.165) is 0 Å². The molecule has 0 aromatic heterocycles. The molecule has 0 atom stereocenters. The monoisotopic (exact) mass is 181 g/mol. The van der Waals surface area contributed by atoms with Gasteiger partial charge in [0.1, 0.15) is 0 Å². The summed E-state index contributed by atoms with van der Waals surface area (Å²) < 4.78 is 0. The molecule has 69 valence electrons. The summed E-state index contributed by atoms with van der Waals surface area (Å²) in [4.78, 5) is 0. The van der Waals surface area contributed by atoms with Gasteiger partial charge in [-0.05, 0) is 12.1 Å². The van der Waals surface area contributed by atoms with Gasteiger partial charge in [-0.1, -0.05) is 44.4 Å². The van der Waals surface area contributed by atoms with E-state index in [4.69, 9.17) is 0 Å². The van der Waals surface area contributed by atoms with Gasteiger partial charge < -0.3 is 0 Å². The number of hydrogen-bond acceptors (Lipinski definition) is 0. The van der Waals surface area contributed by atoms with Crippen molar-refractivity contribution in [3.8, 4) is 0 Å². The second-order valence-electron chi connectivity index (χ2n) is 3.19. The zero-order chi connectivity index (χ0) is 9.23. The third kappa shape index (κ3) is 6.41. The predicted octanol–water partition coefficient (Wildman–Crippen LogP) is 4.04. The van der Waals surface area contributed by atoms with Crippen molar-refractivity contribution >= 4 is 8.80 Å². The minimum atomic E-state index is -0.155. The summed E-state index contributed by atoms with van der Waals surface area (Å²) in [5, 5.41) is 0. The van der Waals surface area contributed by atoms with Crippen LogP contribution < -0.4 is 0 Å². The van der Waals surface area contributed by atoms with Gasteiger partial charge in [0.2, 0.25) is 0 Å². The minimum absolute atomic E-state index is 0.155. The van der Waals surface area contributed by atoms with Crippen LogP contribution in [0.2, 0.25) is 18.1 Å². The first-order valence-corrected chi connectivity index (χ1v) is 7.02. The van der Waals surface area contributed by atoms with Crippen LogP contribution in [0.5, 0.6) is 0 Å². The first-order chi connectivity index (χ1) is 5.85. The normalized spacial score (nSPS) is 10.2. The van der Waals surface area contributed by atoms with Gasteiger partial charge in [0.25, 0.3) is 0 Å². The number of rotatable bonds is 8. The third-order valence-corrected chi connectivity index (χ3v) is 4.79. The van der Waals surface area contributed by atoms with E-state index in [1.165, 1.54) is 37.4 Å². The Labute approximate surface area is 79.0 Å². The maximum atomic E-state index is 3.80. The smallest absolute Gasteiger partial charge is 0.0558 e. The summed E-state index contributed by atoms with van der Waals surface area (Å²) in [5.41, 5.74) is 0. The summed E-state index contributed by atoms with van der Waals surface area (Å²) >= 11 is 0. The molecule has 0 unspecified atom stereocenters. The fraction of sp³-hybridized carbons (Fsp3) is 0.636. The maximum absolute atomic E-state index is 3.80. The van der Waals surface area contributed by atoms with Crippen molar-refractivity contribution in [1.29, 1.82) is 0 Å². The van der Waals surface area contributed by atoms with Crippen LogP contribution in [-0.2, 0) is 0 Å². The molecule has 0 saturated carbocycles. The topological polar surface area (TPSA) is 0 Å². The van der Waals surface area contributed by atoms with Gasteiger partial charge in [0.05, 0.1) is 8.80 Å². The van der Waals surface area contributed by atoms with Crippen molar-refractivity contribution in [3.05, 3.63) is 25.3 Å². The van der Waals surface area contributed by atoms with Crippen molar-refractivity contribution in [3.63, 3.8) is 0 Å². The van der Waals surface area contributed by atoms with Crippen LogP contribution >= 0.6 is 0 Å². The Morgan fingerprint density at radius 2 is 1.67 bits per heavy atom. The van der Waals surface area contributed by atoms with Crippen molar-refractivity contribution in [1.82, 2.24) is 0 Å². The number of hydrogen-bond donors (Lipinski definition) is 0. The van der Waals surface area contributed by atoms with Crippen molar-refractivity contribution in [2.45, 2.75) is 44.3 Å². The number of allylic oxidation sites excluding steroid dienone is 2. The van der Waals surface area contributed by atoms with Crippen molar-refractivity contribution < 1.29 is 0 Å². The van der Waals surface area contributed by atoms with Gasteiger partial charge in [-0.3, -0.25) is 0 Å². The average molecular weight is 181 g/mol. The first-order valence-electron chi connectivity index (χ1n) is 4.90. The fourth-order valence-corrected chi connectivity index (χ4v) is 3.46. The lowest BCUT2D eigenvalue weighted by Crippen LogP contribution is -2.08. The van der Waals surface area contributed by atoms with E-state index in [0.29, 0.717) is 0 Å². The standard InChI is InChI=1S/C11H21Si/c1-4-7-8-11-12(9-5-2)10-6-3/h5-6H,2-4,7-11H2,1H3. The number of unbranched alkanes of at least 4 members (excludes halogenated alkanes) is 2. The first kappa shape index (κ1) is 11.7. The highest BCUT2D eigenvalue weighted by Crippen LogP contribution is 2.11. The Morgan fingerprint density at radius 1 is 1.08 bits per heavy atom. The van der Waals surface area contributed by atoms with Crippen LogP contribution in [0, 0.1) is 0 Å². The molecule has 0 spiro atoms. The summed E-state index contributed by atoms with van der Waals surface area (Å²) in [6, 6.07) is 3.94. The molecule has 0 N–H and O–H groups in total. The highest BCUT2D eigenvalue weighted by molar-refractivity contribution is 6.59. The van der Waals surface area contributed by atoms with Crippen LogP contribution in [0.4, 0.5) is 0 Å². The lowest BCUT2D eigenvalue weighted by molar-refractivity contribution is 0.765. The Balaban J connectivity index is 3.47. The minimum Gasteiger partial charge on any atom is -0.103 e. The fourth-order valence-electron chi connectivity index (χ4n) is 1.32. The zero-order valence-corrected chi connectivity index (χ0v) is 9.31. The molecular formula is C11H21Si. The lowest BCUT2D eigenvalue weighted by Gasteiger charge is -2.09. The Bertz CT molecular complexity index is 108. The van der Waals surface area contributed by atoms with Gasteiger partial charge in [-0.25, -0.2) is 0 Å². The molecule has 0 heterocycles. The summed E-state index contributed by atoms with van der Waals surface area (Å²) in [6.45, 7) is 9.86. The van der Waals surface area contributed by atoms with Gasteiger partial charge >= 0.3 is 0 Å². The Morgan fingerprint density at radius 3 is 2.08 bits per heavy atom. The molecule has 0 aliphatic carbocycles.